The van der Waals surface area contributed by atoms with Gasteiger partial charge in [0.1, 0.15) is 0 Å². The zero-order valence-corrected chi connectivity index (χ0v) is 18.4. The number of carbonyl (C=O) groups excluding carboxylic acids is 1. The van der Waals surface area contributed by atoms with Crippen LogP contribution in [0.5, 0.6) is 0 Å². The van der Waals surface area contributed by atoms with Gasteiger partial charge in [0, 0.05) is 18.8 Å². The van der Waals surface area contributed by atoms with Crippen molar-refractivity contribution in [3.8, 4) is 0 Å². The molecular weight excluding hydrogens is 400 g/mol. The van der Waals surface area contributed by atoms with Crippen molar-refractivity contribution in [1.82, 2.24) is 0 Å². The van der Waals surface area contributed by atoms with Gasteiger partial charge in [0.05, 0.1) is 21.9 Å². The summed E-state index contributed by atoms with van der Waals surface area (Å²) in [6, 6.07) is 11.9. The summed E-state index contributed by atoms with van der Waals surface area (Å²) in [7, 11) is -3.79. The zero-order chi connectivity index (χ0) is 22.1. The van der Waals surface area contributed by atoms with E-state index in [1.54, 1.807) is 6.92 Å². The smallest absolute Gasteiger partial charge is 0.280 e. The van der Waals surface area contributed by atoms with Gasteiger partial charge in [-0.05, 0) is 81.3 Å². The van der Waals surface area contributed by atoms with Crippen LogP contribution in [-0.2, 0) is 14.8 Å². The molecule has 2 N–H and O–H groups in total. The maximum absolute atomic E-state index is 13.0. The Bertz CT molecular complexity index is 1130. The van der Waals surface area contributed by atoms with Crippen LogP contribution in [0.2, 0.25) is 0 Å². The molecule has 0 radical (unpaired) electrons. The fourth-order valence-corrected chi connectivity index (χ4v) is 3.91. The van der Waals surface area contributed by atoms with E-state index in [9.17, 15) is 13.2 Å². The molecule has 0 bridgehead atoms. The van der Waals surface area contributed by atoms with E-state index in [4.69, 9.17) is 5.14 Å². The van der Waals surface area contributed by atoms with Gasteiger partial charge in [-0.3, -0.25) is 4.79 Å². The van der Waals surface area contributed by atoms with E-state index in [0.717, 1.165) is 29.9 Å². The van der Waals surface area contributed by atoms with Crippen LogP contribution in [0.1, 0.15) is 31.9 Å². The number of benzene rings is 2. The van der Waals surface area contributed by atoms with Gasteiger partial charge in [-0.15, -0.1) is 0 Å². The lowest BCUT2D eigenvalue weighted by molar-refractivity contribution is -0.114. The van der Waals surface area contributed by atoms with Crippen LogP contribution < -0.4 is 15.0 Å². The Kier molecular flexibility index (Phi) is 6.09. The monoisotopic (exact) mass is 426 g/mol. The molecule has 7 nitrogen and oxygen atoms in total. The SMILES string of the molecule is CCN(CC)c1ccc(/C=C2/C(=O)N(c3ccc(S(N)(=O)=O)cc3)N=C2C)c(C)c1. The summed E-state index contributed by atoms with van der Waals surface area (Å²) in [4.78, 5) is 15.2. The average molecular weight is 427 g/mol. The molecule has 0 aromatic heterocycles. The summed E-state index contributed by atoms with van der Waals surface area (Å²) in [5.74, 6) is -0.261. The van der Waals surface area contributed by atoms with Crippen molar-refractivity contribution in [3.05, 3.63) is 59.2 Å². The van der Waals surface area contributed by atoms with Crippen LogP contribution in [0.3, 0.4) is 0 Å². The number of hydrogen-bond donors (Lipinski definition) is 1. The molecule has 8 heteroatoms. The van der Waals surface area contributed by atoms with Gasteiger partial charge in [-0.25, -0.2) is 13.6 Å². The number of anilines is 2. The van der Waals surface area contributed by atoms with E-state index in [0.29, 0.717) is 17.0 Å². The number of hydrogen-bond acceptors (Lipinski definition) is 5. The molecule has 1 amide bonds. The minimum atomic E-state index is -3.79. The molecule has 1 heterocycles. The third kappa shape index (κ3) is 4.29. The molecule has 2 aromatic carbocycles. The Morgan fingerprint density at radius 1 is 1.07 bits per heavy atom. The quantitative estimate of drug-likeness (QED) is 0.717. The van der Waals surface area contributed by atoms with Gasteiger partial charge in [0.15, 0.2) is 0 Å². The summed E-state index contributed by atoms with van der Waals surface area (Å²) in [5.41, 5.74) is 4.76. The molecule has 0 unspecified atom stereocenters. The molecule has 1 aliphatic heterocycles. The van der Waals surface area contributed by atoms with E-state index in [-0.39, 0.29) is 10.8 Å². The van der Waals surface area contributed by atoms with E-state index < -0.39 is 10.0 Å². The van der Waals surface area contributed by atoms with Gasteiger partial charge in [0.25, 0.3) is 5.91 Å². The highest BCUT2D eigenvalue weighted by Crippen LogP contribution is 2.27. The van der Waals surface area contributed by atoms with Crippen LogP contribution in [0, 0.1) is 6.92 Å². The van der Waals surface area contributed by atoms with E-state index in [2.05, 4.69) is 36.0 Å². The lowest BCUT2D eigenvalue weighted by atomic mass is 10.0. The Morgan fingerprint density at radius 2 is 1.70 bits per heavy atom. The minimum Gasteiger partial charge on any atom is -0.372 e. The normalized spacial score (nSPS) is 15.6. The second-order valence-electron chi connectivity index (χ2n) is 7.11. The fourth-order valence-electron chi connectivity index (χ4n) is 3.40. The van der Waals surface area contributed by atoms with Crippen molar-refractivity contribution in [1.29, 1.82) is 0 Å². The van der Waals surface area contributed by atoms with Gasteiger partial charge >= 0.3 is 0 Å². The standard InChI is InChI=1S/C22H26N4O3S/c1-5-25(6-2)19-8-7-17(15(3)13-19)14-21-16(4)24-26(22(21)27)18-9-11-20(12-10-18)30(23,28)29/h7-14H,5-6H2,1-4H3,(H2,23,28,29)/b21-14+. The summed E-state index contributed by atoms with van der Waals surface area (Å²) >= 11 is 0. The average Bonchev–Trinajstić information content (AvgIpc) is 2.98. The van der Waals surface area contributed by atoms with E-state index >= 15 is 0 Å². The summed E-state index contributed by atoms with van der Waals surface area (Å²) in [5, 5.41) is 10.8. The first kappa shape index (κ1) is 21.7. The van der Waals surface area contributed by atoms with Gasteiger partial charge < -0.3 is 4.90 Å². The first-order chi connectivity index (χ1) is 14.2. The highest BCUT2D eigenvalue weighted by Gasteiger charge is 2.29. The number of amides is 1. The van der Waals surface area contributed by atoms with Gasteiger partial charge in [-0.2, -0.15) is 10.1 Å². The van der Waals surface area contributed by atoms with Crippen molar-refractivity contribution >= 4 is 39.1 Å². The van der Waals surface area contributed by atoms with Crippen molar-refractivity contribution in [2.45, 2.75) is 32.6 Å². The fraction of sp³-hybridized carbons (Fsp3) is 0.273. The Balaban J connectivity index is 1.89. The first-order valence-electron chi connectivity index (χ1n) is 9.76. The molecule has 0 aliphatic carbocycles. The Hall–Kier alpha value is -2.97. The van der Waals surface area contributed by atoms with E-state index in [1.165, 1.54) is 29.3 Å². The predicted octanol–water partition coefficient (Wildman–Crippen LogP) is 3.29. The molecule has 3 rings (SSSR count). The molecule has 1 aliphatic rings. The number of carbonyl (C=O) groups is 1. The molecule has 2 aromatic rings. The number of nitrogens with two attached hydrogens (primary N) is 1. The third-order valence-corrected chi connectivity index (χ3v) is 6.08. The van der Waals surface area contributed by atoms with Gasteiger partial charge in [-0.1, -0.05) is 6.07 Å². The van der Waals surface area contributed by atoms with Crippen LogP contribution in [0.15, 0.2) is 58.0 Å². The van der Waals surface area contributed by atoms with Crippen molar-refractivity contribution in [2.75, 3.05) is 23.0 Å². The molecule has 0 atom stereocenters. The topological polar surface area (TPSA) is 96.1 Å². The lowest BCUT2D eigenvalue weighted by Crippen LogP contribution is -2.22. The second kappa shape index (κ2) is 8.41. The summed E-state index contributed by atoms with van der Waals surface area (Å²) in [6.45, 7) is 9.91. The van der Waals surface area contributed by atoms with Crippen LogP contribution in [-0.4, -0.2) is 33.1 Å². The van der Waals surface area contributed by atoms with Crippen molar-refractivity contribution < 1.29 is 13.2 Å². The number of sulfonamides is 1. The molecule has 0 spiro atoms. The highest BCUT2D eigenvalue weighted by molar-refractivity contribution is 7.89. The zero-order valence-electron chi connectivity index (χ0n) is 17.6. The predicted molar refractivity (Wildman–Crippen MR) is 121 cm³/mol. The number of nitrogens with zero attached hydrogens (tertiary/aromatic N) is 3. The number of primary sulfonamides is 1. The Morgan fingerprint density at radius 3 is 2.23 bits per heavy atom. The molecule has 0 saturated carbocycles. The highest BCUT2D eigenvalue weighted by atomic mass is 32.2. The largest absolute Gasteiger partial charge is 0.372 e. The van der Waals surface area contributed by atoms with E-state index in [1.807, 2.05) is 19.1 Å². The van der Waals surface area contributed by atoms with Gasteiger partial charge in [0.2, 0.25) is 10.0 Å². The first-order valence-corrected chi connectivity index (χ1v) is 11.3. The molecular formula is C22H26N4O3S. The molecule has 0 fully saturated rings. The number of rotatable bonds is 6. The van der Waals surface area contributed by atoms with Crippen LogP contribution >= 0.6 is 0 Å². The number of aryl methyl sites for hydroxylation is 1. The number of hydrazone groups is 1. The maximum Gasteiger partial charge on any atom is 0.280 e. The van der Waals surface area contributed by atoms with Crippen LogP contribution in [0.25, 0.3) is 6.08 Å². The second-order valence-corrected chi connectivity index (χ2v) is 8.67. The summed E-state index contributed by atoms with van der Waals surface area (Å²) < 4.78 is 22.9. The Labute approximate surface area is 177 Å². The van der Waals surface area contributed by atoms with Crippen molar-refractivity contribution in [2.24, 2.45) is 10.2 Å². The minimum absolute atomic E-state index is 0.0155. The molecule has 30 heavy (non-hydrogen) atoms. The molecule has 158 valence electrons. The van der Waals surface area contributed by atoms with Crippen molar-refractivity contribution in [3.63, 3.8) is 0 Å². The third-order valence-electron chi connectivity index (χ3n) is 5.15. The maximum atomic E-state index is 13.0. The van der Waals surface area contributed by atoms with Crippen LogP contribution in [0.4, 0.5) is 11.4 Å². The molecule has 0 saturated heterocycles. The summed E-state index contributed by atoms with van der Waals surface area (Å²) in [6.07, 6.45) is 1.85. The lowest BCUT2D eigenvalue weighted by Gasteiger charge is -2.22.